The largest absolute Gasteiger partial charge is 0.372 e. The Morgan fingerprint density at radius 3 is 2.62 bits per heavy atom. The first-order chi connectivity index (χ1) is 7.86. The van der Waals surface area contributed by atoms with Gasteiger partial charge < -0.3 is 4.90 Å². The number of benzene rings is 1. The van der Waals surface area contributed by atoms with Gasteiger partial charge in [-0.25, -0.2) is 0 Å². The maximum atomic E-state index is 2.46. The van der Waals surface area contributed by atoms with Crippen LogP contribution in [0, 0.1) is 0 Å². The Labute approximate surface area is 98.8 Å². The second-order valence-corrected chi connectivity index (χ2v) is 4.31. The zero-order valence-corrected chi connectivity index (χ0v) is 10.4. The fraction of sp³-hybridized carbons (Fsp3) is 0.467. The minimum absolute atomic E-state index is 1.09. The first-order valence-corrected chi connectivity index (χ1v) is 6.40. The average molecular weight is 215 g/mol. The molecule has 0 spiro atoms. The third-order valence-electron chi connectivity index (χ3n) is 3.39. The van der Waals surface area contributed by atoms with Gasteiger partial charge in [0.1, 0.15) is 0 Å². The van der Waals surface area contributed by atoms with Gasteiger partial charge in [0.2, 0.25) is 0 Å². The van der Waals surface area contributed by atoms with Crippen molar-refractivity contribution in [2.45, 2.75) is 33.1 Å². The SMILES string of the molecule is CCN(CC)C1=CCCCc2ccccc21. The number of hydrogen-bond donors (Lipinski definition) is 0. The normalized spacial score (nSPS) is 15.0. The molecule has 1 heteroatoms. The van der Waals surface area contributed by atoms with Gasteiger partial charge in [-0.15, -0.1) is 0 Å². The molecule has 2 rings (SSSR count). The number of aryl methyl sites for hydroxylation is 1. The van der Waals surface area contributed by atoms with E-state index in [-0.39, 0.29) is 0 Å². The van der Waals surface area contributed by atoms with E-state index >= 15 is 0 Å². The Balaban J connectivity index is 2.41. The number of fused-ring (bicyclic) bond motifs is 1. The molecule has 0 saturated carbocycles. The minimum atomic E-state index is 1.09. The fourth-order valence-corrected chi connectivity index (χ4v) is 2.49. The van der Waals surface area contributed by atoms with E-state index in [1.807, 2.05) is 0 Å². The van der Waals surface area contributed by atoms with Crippen LogP contribution >= 0.6 is 0 Å². The Bertz CT molecular complexity index is 375. The number of hydrogen-bond acceptors (Lipinski definition) is 1. The summed E-state index contributed by atoms with van der Waals surface area (Å²) in [5.74, 6) is 0. The Hall–Kier alpha value is -1.24. The van der Waals surface area contributed by atoms with E-state index < -0.39 is 0 Å². The summed E-state index contributed by atoms with van der Waals surface area (Å²) < 4.78 is 0. The molecule has 1 aliphatic carbocycles. The van der Waals surface area contributed by atoms with Crippen LogP contribution in [0.25, 0.3) is 5.70 Å². The topological polar surface area (TPSA) is 3.24 Å². The molecule has 0 unspecified atom stereocenters. The highest BCUT2D eigenvalue weighted by Crippen LogP contribution is 2.27. The molecule has 1 aliphatic rings. The van der Waals surface area contributed by atoms with Crippen molar-refractivity contribution in [1.82, 2.24) is 4.90 Å². The lowest BCUT2D eigenvalue weighted by atomic mass is 10.0. The molecule has 0 aliphatic heterocycles. The summed E-state index contributed by atoms with van der Waals surface area (Å²) in [6.45, 7) is 6.66. The van der Waals surface area contributed by atoms with E-state index in [0.717, 1.165) is 13.1 Å². The van der Waals surface area contributed by atoms with Crippen molar-refractivity contribution in [3.8, 4) is 0 Å². The van der Waals surface area contributed by atoms with Crippen molar-refractivity contribution >= 4 is 5.70 Å². The smallest absolute Gasteiger partial charge is 0.0401 e. The highest BCUT2D eigenvalue weighted by Gasteiger charge is 2.14. The summed E-state index contributed by atoms with van der Waals surface area (Å²) in [5, 5.41) is 0. The molecule has 1 nitrogen and oxygen atoms in total. The molecule has 86 valence electrons. The van der Waals surface area contributed by atoms with Crippen molar-refractivity contribution < 1.29 is 0 Å². The molecule has 16 heavy (non-hydrogen) atoms. The summed E-state index contributed by atoms with van der Waals surface area (Å²) in [6, 6.07) is 8.86. The summed E-state index contributed by atoms with van der Waals surface area (Å²) >= 11 is 0. The molecular formula is C15H21N. The van der Waals surface area contributed by atoms with E-state index in [9.17, 15) is 0 Å². The fourth-order valence-electron chi connectivity index (χ4n) is 2.49. The maximum absolute atomic E-state index is 2.46. The van der Waals surface area contributed by atoms with Crippen LogP contribution in [0.15, 0.2) is 30.3 Å². The van der Waals surface area contributed by atoms with Crippen LogP contribution in [0.2, 0.25) is 0 Å². The van der Waals surface area contributed by atoms with E-state index in [1.54, 1.807) is 0 Å². The lowest BCUT2D eigenvalue weighted by molar-refractivity contribution is 0.441. The second kappa shape index (κ2) is 5.20. The number of rotatable bonds is 3. The summed E-state index contributed by atoms with van der Waals surface area (Å²) in [4.78, 5) is 2.46. The maximum Gasteiger partial charge on any atom is 0.0401 e. The third-order valence-corrected chi connectivity index (χ3v) is 3.39. The zero-order valence-electron chi connectivity index (χ0n) is 10.4. The summed E-state index contributed by atoms with van der Waals surface area (Å²) in [6.07, 6.45) is 6.12. The average Bonchev–Trinajstić information content (AvgIpc) is 2.54. The zero-order chi connectivity index (χ0) is 11.4. The predicted molar refractivity (Wildman–Crippen MR) is 70.3 cm³/mol. The summed E-state index contributed by atoms with van der Waals surface area (Å²) in [7, 11) is 0. The van der Waals surface area contributed by atoms with Gasteiger partial charge in [-0.2, -0.15) is 0 Å². The second-order valence-electron chi connectivity index (χ2n) is 4.31. The Kier molecular flexibility index (Phi) is 3.66. The Morgan fingerprint density at radius 1 is 1.12 bits per heavy atom. The standard InChI is InChI=1S/C15H21N/c1-3-16(4-2)15-12-8-6-10-13-9-5-7-11-14(13)15/h5,7,9,11-12H,3-4,6,8,10H2,1-2H3. The molecular weight excluding hydrogens is 194 g/mol. The lowest BCUT2D eigenvalue weighted by Gasteiger charge is -2.25. The van der Waals surface area contributed by atoms with Crippen LogP contribution in [-0.2, 0) is 6.42 Å². The van der Waals surface area contributed by atoms with Crippen LogP contribution in [0.5, 0.6) is 0 Å². The van der Waals surface area contributed by atoms with Crippen LogP contribution in [0.4, 0.5) is 0 Å². The highest BCUT2D eigenvalue weighted by atomic mass is 15.1. The number of nitrogens with zero attached hydrogens (tertiary/aromatic N) is 1. The van der Waals surface area contributed by atoms with Crippen LogP contribution in [-0.4, -0.2) is 18.0 Å². The van der Waals surface area contributed by atoms with E-state index in [2.05, 4.69) is 49.1 Å². The molecule has 0 fully saturated rings. The van der Waals surface area contributed by atoms with Gasteiger partial charge >= 0.3 is 0 Å². The molecule has 1 aromatic carbocycles. The van der Waals surface area contributed by atoms with Gasteiger partial charge in [0.25, 0.3) is 0 Å². The lowest BCUT2D eigenvalue weighted by Crippen LogP contribution is -2.21. The molecule has 0 N–H and O–H groups in total. The monoisotopic (exact) mass is 215 g/mol. The van der Waals surface area contributed by atoms with Gasteiger partial charge in [-0.1, -0.05) is 30.3 Å². The minimum Gasteiger partial charge on any atom is -0.372 e. The van der Waals surface area contributed by atoms with Gasteiger partial charge in [-0.3, -0.25) is 0 Å². The van der Waals surface area contributed by atoms with E-state index in [4.69, 9.17) is 0 Å². The molecule has 0 bridgehead atoms. The first kappa shape index (κ1) is 11.3. The quantitative estimate of drug-likeness (QED) is 0.743. The molecule has 0 amide bonds. The highest BCUT2D eigenvalue weighted by molar-refractivity contribution is 5.67. The third kappa shape index (κ3) is 2.13. The van der Waals surface area contributed by atoms with Crippen molar-refractivity contribution in [1.29, 1.82) is 0 Å². The van der Waals surface area contributed by atoms with Gasteiger partial charge in [0.15, 0.2) is 0 Å². The van der Waals surface area contributed by atoms with Crippen molar-refractivity contribution in [2.24, 2.45) is 0 Å². The van der Waals surface area contributed by atoms with E-state index in [1.165, 1.54) is 36.1 Å². The molecule has 0 aromatic heterocycles. The molecule has 0 saturated heterocycles. The van der Waals surface area contributed by atoms with Crippen LogP contribution in [0.1, 0.15) is 37.8 Å². The molecule has 0 heterocycles. The molecule has 1 aromatic rings. The van der Waals surface area contributed by atoms with Crippen LogP contribution in [0.3, 0.4) is 0 Å². The van der Waals surface area contributed by atoms with Gasteiger partial charge in [-0.05, 0) is 38.7 Å². The van der Waals surface area contributed by atoms with Crippen molar-refractivity contribution in [2.75, 3.05) is 13.1 Å². The van der Waals surface area contributed by atoms with E-state index in [0.29, 0.717) is 0 Å². The summed E-state index contributed by atoms with van der Waals surface area (Å²) in [5.41, 5.74) is 4.40. The molecule has 0 radical (unpaired) electrons. The van der Waals surface area contributed by atoms with Crippen LogP contribution < -0.4 is 0 Å². The van der Waals surface area contributed by atoms with Gasteiger partial charge in [0.05, 0.1) is 0 Å². The first-order valence-electron chi connectivity index (χ1n) is 6.40. The Morgan fingerprint density at radius 2 is 1.88 bits per heavy atom. The predicted octanol–water partition coefficient (Wildman–Crippen LogP) is 3.71. The number of allylic oxidation sites excluding steroid dienone is 1. The molecule has 0 atom stereocenters. The van der Waals surface area contributed by atoms with Crippen molar-refractivity contribution in [3.63, 3.8) is 0 Å². The van der Waals surface area contributed by atoms with Gasteiger partial charge in [0, 0.05) is 24.4 Å². The van der Waals surface area contributed by atoms with Crippen molar-refractivity contribution in [3.05, 3.63) is 41.5 Å².